The number of ether oxygens (including phenoxy) is 1. The standard InChI is InChI=1S/C19H26N4O2/c1-15-11-22-23(12-15)17-5-3-16(4-6-17)18(24)21-13-19(14-25-2)7-9-20-10-8-19/h3-6,11-12,20H,7-10,13-14H2,1-2H3,(H,21,24). The zero-order chi connectivity index (χ0) is 17.7. The number of nitrogens with zero attached hydrogens (tertiary/aromatic N) is 2. The first-order chi connectivity index (χ1) is 12.1. The lowest BCUT2D eigenvalue weighted by Crippen LogP contribution is -2.47. The van der Waals surface area contributed by atoms with Gasteiger partial charge in [-0.15, -0.1) is 0 Å². The fourth-order valence-electron chi connectivity index (χ4n) is 3.32. The normalized spacial score (nSPS) is 16.6. The van der Waals surface area contributed by atoms with Crippen molar-refractivity contribution in [2.45, 2.75) is 19.8 Å². The Hall–Kier alpha value is -2.18. The van der Waals surface area contributed by atoms with Crippen molar-refractivity contribution in [3.63, 3.8) is 0 Å². The van der Waals surface area contributed by atoms with Gasteiger partial charge in [0.25, 0.3) is 5.91 Å². The molecule has 3 rings (SSSR count). The fraction of sp³-hybridized carbons (Fsp3) is 0.474. The quantitative estimate of drug-likeness (QED) is 0.842. The molecule has 1 aromatic carbocycles. The van der Waals surface area contributed by atoms with Gasteiger partial charge in [0.1, 0.15) is 0 Å². The lowest BCUT2D eigenvalue weighted by molar-refractivity contribution is 0.0512. The third-order valence-electron chi connectivity index (χ3n) is 4.84. The predicted molar refractivity (Wildman–Crippen MR) is 97.0 cm³/mol. The fourth-order valence-corrected chi connectivity index (χ4v) is 3.32. The second kappa shape index (κ2) is 7.80. The summed E-state index contributed by atoms with van der Waals surface area (Å²) >= 11 is 0. The van der Waals surface area contributed by atoms with Crippen molar-refractivity contribution in [1.29, 1.82) is 0 Å². The molecule has 6 heteroatoms. The van der Waals surface area contributed by atoms with Crippen LogP contribution in [0.1, 0.15) is 28.8 Å². The van der Waals surface area contributed by atoms with Crippen LogP contribution in [0.2, 0.25) is 0 Å². The summed E-state index contributed by atoms with van der Waals surface area (Å²) in [5, 5.41) is 10.7. The van der Waals surface area contributed by atoms with Crippen molar-refractivity contribution in [3.8, 4) is 5.69 Å². The number of rotatable bonds is 6. The van der Waals surface area contributed by atoms with Gasteiger partial charge in [-0.25, -0.2) is 4.68 Å². The lowest BCUT2D eigenvalue weighted by Gasteiger charge is -2.37. The van der Waals surface area contributed by atoms with Crippen molar-refractivity contribution in [1.82, 2.24) is 20.4 Å². The van der Waals surface area contributed by atoms with Gasteiger partial charge in [0.05, 0.1) is 18.5 Å². The highest BCUT2D eigenvalue weighted by Crippen LogP contribution is 2.28. The number of aromatic nitrogens is 2. The Kier molecular flexibility index (Phi) is 5.50. The summed E-state index contributed by atoms with van der Waals surface area (Å²) in [6, 6.07) is 7.51. The summed E-state index contributed by atoms with van der Waals surface area (Å²) in [5.41, 5.74) is 2.74. The number of hydrogen-bond donors (Lipinski definition) is 2. The Labute approximate surface area is 148 Å². The number of amides is 1. The average Bonchev–Trinajstić information content (AvgIpc) is 3.07. The van der Waals surface area contributed by atoms with Gasteiger partial charge >= 0.3 is 0 Å². The number of aryl methyl sites for hydroxylation is 1. The molecule has 0 atom stereocenters. The number of hydrogen-bond acceptors (Lipinski definition) is 4. The van der Waals surface area contributed by atoms with Gasteiger partial charge in [-0.05, 0) is 62.7 Å². The highest BCUT2D eigenvalue weighted by molar-refractivity contribution is 5.94. The molecular weight excluding hydrogens is 316 g/mol. The van der Waals surface area contributed by atoms with Gasteiger partial charge in [-0.2, -0.15) is 5.10 Å². The van der Waals surface area contributed by atoms with Crippen molar-refractivity contribution in [2.24, 2.45) is 5.41 Å². The molecule has 1 amide bonds. The van der Waals surface area contributed by atoms with Crippen LogP contribution in [0, 0.1) is 12.3 Å². The minimum absolute atomic E-state index is 0.0299. The van der Waals surface area contributed by atoms with E-state index in [0.717, 1.165) is 37.2 Å². The molecule has 0 saturated carbocycles. The zero-order valence-corrected chi connectivity index (χ0v) is 14.9. The van der Waals surface area contributed by atoms with Crippen molar-refractivity contribution in [3.05, 3.63) is 47.8 Å². The molecule has 1 fully saturated rings. The number of carbonyl (C=O) groups is 1. The molecule has 1 aromatic heterocycles. The van der Waals surface area contributed by atoms with Crippen LogP contribution >= 0.6 is 0 Å². The van der Waals surface area contributed by atoms with Gasteiger partial charge < -0.3 is 15.4 Å². The minimum atomic E-state index is -0.0443. The molecule has 0 aliphatic carbocycles. The molecule has 0 unspecified atom stereocenters. The van der Waals surface area contributed by atoms with Crippen LogP contribution in [-0.2, 0) is 4.74 Å². The molecular formula is C19H26N4O2. The summed E-state index contributed by atoms with van der Waals surface area (Å²) < 4.78 is 7.21. The maximum atomic E-state index is 12.5. The van der Waals surface area contributed by atoms with Crippen molar-refractivity contribution < 1.29 is 9.53 Å². The molecule has 1 aliphatic heterocycles. The van der Waals surface area contributed by atoms with E-state index in [2.05, 4.69) is 15.7 Å². The molecule has 2 N–H and O–H groups in total. The summed E-state index contributed by atoms with van der Waals surface area (Å²) in [4.78, 5) is 12.5. The predicted octanol–water partition coefficient (Wildman–Crippen LogP) is 1.93. The van der Waals surface area contributed by atoms with E-state index in [1.807, 2.05) is 43.6 Å². The number of benzene rings is 1. The molecule has 1 saturated heterocycles. The van der Waals surface area contributed by atoms with E-state index in [4.69, 9.17) is 4.74 Å². The van der Waals surface area contributed by atoms with E-state index in [1.54, 1.807) is 11.8 Å². The first-order valence-electron chi connectivity index (χ1n) is 8.71. The van der Waals surface area contributed by atoms with E-state index in [1.165, 1.54) is 0 Å². The molecule has 2 heterocycles. The molecule has 0 bridgehead atoms. The van der Waals surface area contributed by atoms with Gasteiger partial charge in [0, 0.05) is 30.8 Å². The van der Waals surface area contributed by atoms with E-state index < -0.39 is 0 Å². The Morgan fingerprint density at radius 1 is 1.32 bits per heavy atom. The monoisotopic (exact) mass is 342 g/mol. The van der Waals surface area contributed by atoms with Crippen molar-refractivity contribution >= 4 is 5.91 Å². The van der Waals surface area contributed by atoms with Crippen LogP contribution < -0.4 is 10.6 Å². The molecule has 6 nitrogen and oxygen atoms in total. The Balaban J connectivity index is 1.62. The summed E-state index contributed by atoms with van der Waals surface area (Å²) in [6.45, 7) is 5.25. The number of nitrogens with one attached hydrogen (secondary N) is 2. The van der Waals surface area contributed by atoms with Crippen LogP contribution in [-0.4, -0.2) is 49.0 Å². The molecule has 134 valence electrons. The largest absolute Gasteiger partial charge is 0.384 e. The first-order valence-corrected chi connectivity index (χ1v) is 8.71. The summed E-state index contributed by atoms with van der Waals surface area (Å²) in [6.07, 6.45) is 5.80. The smallest absolute Gasteiger partial charge is 0.251 e. The van der Waals surface area contributed by atoms with Crippen LogP contribution in [0.15, 0.2) is 36.7 Å². The van der Waals surface area contributed by atoms with Crippen LogP contribution in [0.3, 0.4) is 0 Å². The second-order valence-electron chi connectivity index (χ2n) is 6.87. The Morgan fingerprint density at radius 2 is 2.04 bits per heavy atom. The summed E-state index contributed by atoms with van der Waals surface area (Å²) in [7, 11) is 1.72. The number of carbonyl (C=O) groups excluding carboxylic acids is 1. The molecule has 0 radical (unpaired) electrons. The lowest BCUT2D eigenvalue weighted by atomic mass is 9.79. The van der Waals surface area contributed by atoms with Crippen LogP contribution in [0.4, 0.5) is 0 Å². The molecule has 2 aromatic rings. The van der Waals surface area contributed by atoms with Crippen molar-refractivity contribution in [2.75, 3.05) is 33.4 Å². The Morgan fingerprint density at radius 3 is 2.64 bits per heavy atom. The Bertz CT molecular complexity index is 697. The van der Waals surface area contributed by atoms with Gasteiger partial charge in [0.2, 0.25) is 0 Å². The van der Waals surface area contributed by atoms with Gasteiger partial charge in [0.15, 0.2) is 0 Å². The van der Waals surface area contributed by atoms with Gasteiger partial charge in [-0.3, -0.25) is 4.79 Å². The van der Waals surface area contributed by atoms with E-state index in [9.17, 15) is 4.79 Å². The molecule has 1 aliphatic rings. The van der Waals surface area contributed by atoms with Gasteiger partial charge in [-0.1, -0.05) is 0 Å². The third-order valence-corrected chi connectivity index (χ3v) is 4.84. The summed E-state index contributed by atoms with van der Waals surface area (Å²) in [5.74, 6) is -0.0443. The minimum Gasteiger partial charge on any atom is -0.384 e. The second-order valence-corrected chi connectivity index (χ2v) is 6.87. The average molecular weight is 342 g/mol. The highest BCUT2D eigenvalue weighted by atomic mass is 16.5. The van der Waals surface area contributed by atoms with E-state index in [0.29, 0.717) is 18.7 Å². The zero-order valence-electron chi connectivity index (χ0n) is 14.9. The van der Waals surface area contributed by atoms with E-state index >= 15 is 0 Å². The molecule has 25 heavy (non-hydrogen) atoms. The highest BCUT2D eigenvalue weighted by Gasteiger charge is 2.32. The maximum Gasteiger partial charge on any atom is 0.251 e. The SMILES string of the molecule is COCC1(CNC(=O)c2ccc(-n3cc(C)cn3)cc2)CCNCC1. The number of methoxy groups -OCH3 is 1. The molecule has 0 spiro atoms. The van der Waals surface area contributed by atoms with Crippen LogP contribution in [0.5, 0.6) is 0 Å². The first kappa shape index (κ1) is 17.6. The van der Waals surface area contributed by atoms with Crippen LogP contribution in [0.25, 0.3) is 5.69 Å². The maximum absolute atomic E-state index is 12.5. The topological polar surface area (TPSA) is 68.2 Å². The number of piperidine rings is 1. The third kappa shape index (κ3) is 4.27. The van der Waals surface area contributed by atoms with E-state index in [-0.39, 0.29) is 11.3 Å².